The van der Waals surface area contributed by atoms with Gasteiger partial charge in [0.2, 0.25) is 5.91 Å². The molecule has 0 aromatic heterocycles. The van der Waals surface area contributed by atoms with Crippen LogP contribution in [0, 0.1) is 11.8 Å². The van der Waals surface area contributed by atoms with E-state index in [1.54, 1.807) is 26.0 Å². The quantitative estimate of drug-likeness (QED) is 0.835. The van der Waals surface area contributed by atoms with Crippen molar-refractivity contribution in [2.24, 2.45) is 16.2 Å². The molecule has 0 unspecified atom stereocenters. The monoisotopic (exact) mass is 365 g/mol. The SMILES string of the molecule is CCCN1C([C@H](C)CC)=NS(=O)(=O)c2cc(NC(=O)C(C)C)ccc21. The van der Waals surface area contributed by atoms with Gasteiger partial charge in [-0.3, -0.25) is 4.79 Å². The molecular formula is C18H27N3O3S. The summed E-state index contributed by atoms with van der Waals surface area (Å²) in [6.07, 6.45) is 1.69. The number of rotatable bonds is 6. The zero-order chi connectivity index (χ0) is 18.8. The summed E-state index contributed by atoms with van der Waals surface area (Å²) in [5, 5.41) is 2.75. The summed E-state index contributed by atoms with van der Waals surface area (Å²) in [7, 11) is -3.78. The molecule has 1 N–H and O–H groups in total. The molecule has 25 heavy (non-hydrogen) atoms. The van der Waals surface area contributed by atoms with Crippen LogP contribution in [0.5, 0.6) is 0 Å². The second kappa shape index (κ2) is 7.56. The summed E-state index contributed by atoms with van der Waals surface area (Å²) >= 11 is 0. The van der Waals surface area contributed by atoms with E-state index in [0.29, 0.717) is 23.8 Å². The third kappa shape index (κ3) is 4.03. The summed E-state index contributed by atoms with van der Waals surface area (Å²) in [6.45, 7) is 10.3. The number of sulfonamides is 1. The highest BCUT2D eigenvalue weighted by Crippen LogP contribution is 2.35. The topological polar surface area (TPSA) is 78.8 Å². The van der Waals surface area contributed by atoms with E-state index < -0.39 is 10.0 Å². The Morgan fingerprint density at radius 1 is 1.24 bits per heavy atom. The minimum absolute atomic E-state index is 0.0507. The Bertz CT molecular complexity index is 785. The normalized spacial score (nSPS) is 17.0. The third-order valence-corrected chi connectivity index (χ3v) is 5.62. The van der Waals surface area contributed by atoms with Crippen molar-refractivity contribution in [3.63, 3.8) is 0 Å². The number of nitrogens with zero attached hydrogens (tertiary/aromatic N) is 2. The lowest BCUT2D eigenvalue weighted by atomic mass is 10.1. The van der Waals surface area contributed by atoms with E-state index in [9.17, 15) is 13.2 Å². The van der Waals surface area contributed by atoms with Gasteiger partial charge in [-0.05, 0) is 31.0 Å². The molecule has 1 atom stereocenters. The van der Waals surface area contributed by atoms with Crippen LogP contribution in [0.1, 0.15) is 47.5 Å². The number of amides is 1. The van der Waals surface area contributed by atoms with Crippen molar-refractivity contribution in [2.75, 3.05) is 16.8 Å². The molecule has 2 rings (SSSR count). The first-order valence-corrected chi connectivity index (χ1v) is 10.2. The first-order valence-electron chi connectivity index (χ1n) is 8.78. The Balaban J connectivity index is 2.52. The van der Waals surface area contributed by atoms with Gasteiger partial charge in [0.05, 0.1) is 5.69 Å². The van der Waals surface area contributed by atoms with Crippen molar-refractivity contribution >= 4 is 33.1 Å². The molecule has 1 aliphatic rings. The van der Waals surface area contributed by atoms with E-state index in [1.165, 1.54) is 6.07 Å². The van der Waals surface area contributed by atoms with Crippen molar-refractivity contribution in [3.8, 4) is 0 Å². The van der Waals surface area contributed by atoms with E-state index in [2.05, 4.69) is 9.71 Å². The molecule has 0 radical (unpaired) electrons. The molecule has 0 spiro atoms. The van der Waals surface area contributed by atoms with Crippen LogP contribution in [0.3, 0.4) is 0 Å². The Morgan fingerprint density at radius 3 is 2.48 bits per heavy atom. The van der Waals surface area contributed by atoms with Gasteiger partial charge < -0.3 is 10.2 Å². The largest absolute Gasteiger partial charge is 0.328 e. The van der Waals surface area contributed by atoms with Gasteiger partial charge >= 0.3 is 0 Å². The minimum Gasteiger partial charge on any atom is -0.328 e. The van der Waals surface area contributed by atoms with Crippen molar-refractivity contribution in [2.45, 2.75) is 52.4 Å². The smallest absolute Gasteiger partial charge is 0.286 e. The maximum absolute atomic E-state index is 12.7. The molecule has 1 heterocycles. The molecule has 6 nitrogen and oxygen atoms in total. The van der Waals surface area contributed by atoms with Crippen LogP contribution in [-0.4, -0.2) is 26.7 Å². The average molecular weight is 365 g/mol. The first-order chi connectivity index (χ1) is 11.7. The van der Waals surface area contributed by atoms with Gasteiger partial charge in [-0.25, -0.2) is 0 Å². The highest BCUT2D eigenvalue weighted by molar-refractivity contribution is 7.90. The molecule has 0 saturated heterocycles. The number of hydrogen-bond acceptors (Lipinski definition) is 4. The van der Waals surface area contributed by atoms with Gasteiger partial charge in [-0.2, -0.15) is 8.42 Å². The van der Waals surface area contributed by atoms with Crippen molar-refractivity contribution in [1.29, 1.82) is 0 Å². The second-order valence-corrected chi connectivity index (χ2v) is 8.28. The lowest BCUT2D eigenvalue weighted by Crippen LogP contribution is -2.40. The summed E-state index contributed by atoms with van der Waals surface area (Å²) in [4.78, 5) is 14.0. The number of benzene rings is 1. The Labute approximate surface area is 150 Å². The molecular weight excluding hydrogens is 338 g/mol. The highest BCUT2D eigenvalue weighted by Gasteiger charge is 2.32. The molecule has 1 aliphatic heterocycles. The molecule has 0 fully saturated rings. The van der Waals surface area contributed by atoms with Crippen LogP contribution >= 0.6 is 0 Å². The van der Waals surface area contributed by atoms with E-state index in [4.69, 9.17) is 0 Å². The fourth-order valence-electron chi connectivity index (χ4n) is 2.65. The average Bonchev–Trinajstić information content (AvgIpc) is 2.56. The lowest BCUT2D eigenvalue weighted by Gasteiger charge is -2.33. The molecule has 0 bridgehead atoms. The van der Waals surface area contributed by atoms with Gasteiger partial charge in [0.15, 0.2) is 0 Å². The predicted octanol–water partition coefficient (Wildman–Crippen LogP) is 3.64. The number of carbonyl (C=O) groups excluding carboxylic acids is 1. The van der Waals surface area contributed by atoms with Crippen molar-refractivity contribution in [3.05, 3.63) is 18.2 Å². The van der Waals surface area contributed by atoms with E-state index in [-0.39, 0.29) is 22.6 Å². The Kier molecular flexibility index (Phi) is 5.87. The first kappa shape index (κ1) is 19.4. The maximum atomic E-state index is 12.7. The van der Waals surface area contributed by atoms with Crippen LogP contribution in [0.25, 0.3) is 0 Å². The van der Waals surface area contributed by atoms with Gasteiger partial charge in [-0.1, -0.05) is 34.6 Å². The Morgan fingerprint density at radius 2 is 1.92 bits per heavy atom. The van der Waals surface area contributed by atoms with Crippen LogP contribution in [0.15, 0.2) is 27.5 Å². The van der Waals surface area contributed by atoms with Crippen molar-refractivity contribution < 1.29 is 13.2 Å². The fourth-order valence-corrected chi connectivity index (χ4v) is 3.99. The van der Waals surface area contributed by atoms with E-state index in [0.717, 1.165) is 12.8 Å². The number of hydrogen-bond donors (Lipinski definition) is 1. The number of fused-ring (bicyclic) bond motifs is 1. The zero-order valence-electron chi connectivity index (χ0n) is 15.5. The number of carbonyl (C=O) groups is 1. The Hall–Kier alpha value is -1.89. The molecule has 138 valence electrons. The van der Waals surface area contributed by atoms with E-state index >= 15 is 0 Å². The highest BCUT2D eigenvalue weighted by atomic mass is 32.2. The summed E-state index contributed by atoms with van der Waals surface area (Å²) in [5.74, 6) is 0.312. The number of anilines is 2. The second-order valence-electron chi connectivity index (χ2n) is 6.71. The lowest BCUT2D eigenvalue weighted by molar-refractivity contribution is -0.118. The zero-order valence-corrected chi connectivity index (χ0v) is 16.4. The predicted molar refractivity (Wildman–Crippen MR) is 102 cm³/mol. The van der Waals surface area contributed by atoms with Crippen LogP contribution in [0.2, 0.25) is 0 Å². The molecule has 0 aliphatic carbocycles. The van der Waals surface area contributed by atoms with Crippen LogP contribution in [0.4, 0.5) is 11.4 Å². The van der Waals surface area contributed by atoms with Gasteiger partial charge in [0.25, 0.3) is 10.0 Å². The van der Waals surface area contributed by atoms with Crippen LogP contribution < -0.4 is 10.2 Å². The molecule has 1 aromatic carbocycles. The minimum atomic E-state index is -3.78. The molecule has 1 aromatic rings. The standard InChI is InChI=1S/C18H27N3O3S/c1-6-10-21-15-9-8-14(19-18(22)12(3)4)11-16(15)25(23,24)20-17(21)13(5)7-2/h8-9,11-13H,6-7,10H2,1-5H3,(H,19,22)/t13-/m1/s1. The maximum Gasteiger partial charge on any atom is 0.286 e. The number of amidine groups is 1. The summed E-state index contributed by atoms with van der Waals surface area (Å²) in [5.41, 5.74) is 1.11. The van der Waals surface area contributed by atoms with Gasteiger partial charge in [0, 0.05) is 24.1 Å². The number of nitrogens with one attached hydrogen (secondary N) is 1. The molecule has 1 amide bonds. The van der Waals surface area contributed by atoms with Crippen LogP contribution in [-0.2, 0) is 14.8 Å². The summed E-state index contributed by atoms with van der Waals surface area (Å²) in [6, 6.07) is 5.01. The summed E-state index contributed by atoms with van der Waals surface area (Å²) < 4.78 is 29.5. The van der Waals surface area contributed by atoms with Crippen molar-refractivity contribution in [1.82, 2.24) is 0 Å². The van der Waals surface area contributed by atoms with E-state index in [1.807, 2.05) is 25.7 Å². The fraction of sp³-hybridized carbons (Fsp3) is 0.556. The molecule has 7 heteroatoms. The third-order valence-electron chi connectivity index (χ3n) is 4.31. The van der Waals surface area contributed by atoms with Gasteiger partial charge in [-0.15, -0.1) is 4.40 Å². The molecule has 0 saturated carbocycles. The van der Waals surface area contributed by atoms with Gasteiger partial charge in [0.1, 0.15) is 10.7 Å².